The van der Waals surface area contributed by atoms with Crippen LogP contribution in [-0.4, -0.2) is 42.0 Å². The maximum Gasteiger partial charge on any atom is 0.319 e. The van der Waals surface area contributed by atoms with Gasteiger partial charge in [0.15, 0.2) is 0 Å². The van der Waals surface area contributed by atoms with E-state index in [1.165, 1.54) is 0 Å². The molecule has 4 N–H and O–H groups in total. The third-order valence-corrected chi connectivity index (χ3v) is 5.26. The molecule has 3 atom stereocenters. The lowest BCUT2D eigenvalue weighted by Gasteiger charge is -2.37. The van der Waals surface area contributed by atoms with Crippen LogP contribution < -0.4 is 16.4 Å². The molecule has 1 aromatic rings. The van der Waals surface area contributed by atoms with E-state index in [1.807, 2.05) is 35.2 Å². The van der Waals surface area contributed by atoms with Gasteiger partial charge in [-0.1, -0.05) is 18.2 Å². The predicted octanol–water partition coefficient (Wildman–Crippen LogP) is 2.74. The SMILES string of the molecule is Cl.NC1CCC(C(=O)N2CCCCC2CNC(=O)Nc2ccccc2)C1. The molecule has 0 radical (unpaired) electrons. The smallest absolute Gasteiger partial charge is 0.319 e. The third kappa shape index (κ3) is 5.35. The number of nitrogens with zero attached hydrogens (tertiary/aromatic N) is 1. The first kappa shape index (κ1) is 20.5. The van der Waals surface area contributed by atoms with Crippen LogP contribution in [0.2, 0.25) is 0 Å². The molecular formula is C19H29ClN4O2. The first-order valence-electron chi connectivity index (χ1n) is 9.29. The molecule has 3 unspecified atom stereocenters. The topological polar surface area (TPSA) is 87.5 Å². The summed E-state index contributed by atoms with van der Waals surface area (Å²) >= 11 is 0. The largest absolute Gasteiger partial charge is 0.338 e. The van der Waals surface area contributed by atoms with Gasteiger partial charge in [0.05, 0.1) is 0 Å². The molecule has 1 heterocycles. The van der Waals surface area contributed by atoms with Gasteiger partial charge in [-0.15, -0.1) is 12.4 Å². The second-order valence-electron chi connectivity index (χ2n) is 7.15. The van der Waals surface area contributed by atoms with Gasteiger partial charge in [0.2, 0.25) is 5.91 Å². The molecule has 1 saturated heterocycles. The molecule has 3 amide bonds. The predicted molar refractivity (Wildman–Crippen MR) is 105 cm³/mol. The van der Waals surface area contributed by atoms with E-state index < -0.39 is 0 Å². The molecule has 7 heteroatoms. The number of likely N-dealkylation sites (tertiary alicyclic amines) is 1. The Labute approximate surface area is 161 Å². The number of nitrogens with two attached hydrogens (primary N) is 1. The monoisotopic (exact) mass is 380 g/mol. The van der Waals surface area contributed by atoms with Crippen molar-refractivity contribution in [3.8, 4) is 0 Å². The van der Waals surface area contributed by atoms with Crippen molar-refractivity contribution in [1.82, 2.24) is 10.2 Å². The number of urea groups is 1. The summed E-state index contributed by atoms with van der Waals surface area (Å²) in [6, 6.07) is 9.37. The van der Waals surface area contributed by atoms with E-state index >= 15 is 0 Å². The van der Waals surface area contributed by atoms with Crippen molar-refractivity contribution in [1.29, 1.82) is 0 Å². The molecule has 6 nitrogen and oxygen atoms in total. The molecule has 1 aliphatic heterocycles. The zero-order chi connectivity index (χ0) is 17.6. The van der Waals surface area contributed by atoms with E-state index in [1.54, 1.807) is 0 Å². The fourth-order valence-electron chi connectivity index (χ4n) is 3.89. The van der Waals surface area contributed by atoms with Crippen LogP contribution in [0.1, 0.15) is 38.5 Å². The molecule has 1 aliphatic carbocycles. The van der Waals surface area contributed by atoms with E-state index in [0.717, 1.165) is 50.8 Å². The number of benzene rings is 1. The molecule has 144 valence electrons. The Morgan fingerprint density at radius 1 is 1.12 bits per heavy atom. The van der Waals surface area contributed by atoms with Gasteiger partial charge in [-0.3, -0.25) is 4.79 Å². The summed E-state index contributed by atoms with van der Waals surface area (Å²) in [4.78, 5) is 26.9. The van der Waals surface area contributed by atoms with Crippen molar-refractivity contribution in [2.75, 3.05) is 18.4 Å². The maximum atomic E-state index is 12.8. The van der Waals surface area contributed by atoms with Crippen LogP contribution in [0, 0.1) is 5.92 Å². The maximum absolute atomic E-state index is 12.8. The number of piperidine rings is 1. The lowest BCUT2D eigenvalue weighted by atomic mass is 9.98. The minimum absolute atomic E-state index is 0. The second-order valence-corrected chi connectivity index (χ2v) is 7.15. The van der Waals surface area contributed by atoms with E-state index in [9.17, 15) is 9.59 Å². The molecule has 0 aromatic heterocycles. The normalized spacial score (nSPS) is 25.3. The Morgan fingerprint density at radius 2 is 1.88 bits per heavy atom. The highest BCUT2D eigenvalue weighted by molar-refractivity contribution is 5.89. The van der Waals surface area contributed by atoms with Crippen molar-refractivity contribution >= 4 is 30.0 Å². The summed E-state index contributed by atoms with van der Waals surface area (Å²) in [6.45, 7) is 1.28. The van der Waals surface area contributed by atoms with Crippen LogP contribution in [0.15, 0.2) is 30.3 Å². The number of halogens is 1. The Balaban J connectivity index is 0.00000243. The number of rotatable bonds is 4. The fourth-order valence-corrected chi connectivity index (χ4v) is 3.89. The number of anilines is 1. The van der Waals surface area contributed by atoms with Crippen LogP contribution >= 0.6 is 12.4 Å². The highest BCUT2D eigenvalue weighted by Gasteiger charge is 2.35. The zero-order valence-corrected chi connectivity index (χ0v) is 15.8. The molecule has 26 heavy (non-hydrogen) atoms. The number of para-hydroxylation sites is 1. The standard InChI is InChI=1S/C19H28N4O2.ClH/c20-15-10-9-14(12-15)18(24)23-11-5-4-8-17(23)13-21-19(25)22-16-6-2-1-3-7-16;/h1-3,6-7,14-15,17H,4-5,8-13,20H2,(H2,21,22,25);1H. The van der Waals surface area contributed by atoms with E-state index in [2.05, 4.69) is 10.6 Å². The Kier molecular flexibility index (Phi) is 7.72. The van der Waals surface area contributed by atoms with Crippen molar-refractivity contribution < 1.29 is 9.59 Å². The highest BCUT2D eigenvalue weighted by atomic mass is 35.5. The van der Waals surface area contributed by atoms with Gasteiger partial charge in [-0.05, 0) is 50.7 Å². The number of hydrogen-bond acceptors (Lipinski definition) is 3. The zero-order valence-electron chi connectivity index (χ0n) is 15.0. The van der Waals surface area contributed by atoms with E-state index in [-0.39, 0.29) is 42.3 Å². The minimum atomic E-state index is -0.230. The van der Waals surface area contributed by atoms with Crippen LogP contribution in [0.5, 0.6) is 0 Å². The fraction of sp³-hybridized carbons (Fsp3) is 0.579. The van der Waals surface area contributed by atoms with Crippen molar-refractivity contribution in [3.05, 3.63) is 30.3 Å². The number of hydrogen-bond donors (Lipinski definition) is 3. The molecule has 1 aromatic carbocycles. The highest BCUT2D eigenvalue weighted by Crippen LogP contribution is 2.28. The van der Waals surface area contributed by atoms with Crippen LogP contribution in [0.4, 0.5) is 10.5 Å². The first-order chi connectivity index (χ1) is 12.1. The van der Waals surface area contributed by atoms with Gasteiger partial charge in [0, 0.05) is 36.8 Å². The average Bonchev–Trinajstić information content (AvgIpc) is 3.07. The molecule has 0 bridgehead atoms. The lowest BCUT2D eigenvalue weighted by molar-refractivity contribution is -0.139. The Morgan fingerprint density at radius 3 is 2.58 bits per heavy atom. The average molecular weight is 381 g/mol. The van der Waals surface area contributed by atoms with Gasteiger partial charge >= 0.3 is 6.03 Å². The molecule has 1 saturated carbocycles. The quantitative estimate of drug-likeness (QED) is 0.750. The van der Waals surface area contributed by atoms with Crippen molar-refractivity contribution in [2.45, 2.75) is 50.6 Å². The van der Waals surface area contributed by atoms with Crippen LogP contribution in [0.25, 0.3) is 0 Å². The van der Waals surface area contributed by atoms with Gasteiger partial charge < -0.3 is 21.3 Å². The lowest BCUT2D eigenvalue weighted by Crippen LogP contribution is -2.51. The minimum Gasteiger partial charge on any atom is -0.338 e. The van der Waals surface area contributed by atoms with Crippen LogP contribution in [0.3, 0.4) is 0 Å². The Bertz CT molecular complexity index is 598. The van der Waals surface area contributed by atoms with Crippen molar-refractivity contribution in [3.63, 3.8) is 0 Å². The molecular weight excluding hydrogens is 352 g/mol. The summed E-state index contributed by atoms with van der Waals surface area (Å²) in [6.07, 6.45) is 5.70. The summed E-state index contributed by atoms with van der Waals surface area (Å²) in [7, 11) is 0. The first-order valence-corrected chi connectivity index (χ1v) is 9.29. The molecule has 3 rings (SSSR count). The van der Waals surface area contributed by atoms with Gasteiger partial charge in [-0.25, -0.2) is 4.79 Å². The number of carbonyl (C=O) groups is 2. The number of carbonyl (C=O) groups excluding carboxylic acids is 2. The van der Waals surface area contributed by atoms with Crippen LogP contribution in [-0.2, 0) is 4.79 Å². The van der Waals surface area contributed by atoms with Gasteiger partial charge in [0.25, 0.3) is 0 Å². The van der Waals surface area contributed by atoms with Crippen molar-refractivity contribution in [2.24, 2.45) is 11.7 Å². The van der Waals surface area contributed by atoms with E-state index in [0.29, 0.717) is 6.54 Å². The third-order valence-electron chi connectivity index (χ3n) is 5.26. The summed E-state index contributed by atoms with van der Waals surface area (Å²) in [5, 5.41) is 5.73. The molecule has 2 fully saturated rings. The van der Waals surface area contributed by atoms with Gasteiger partial charge in [0.1, 0.15) is 0 Å². The molecule has 2 aliphatic rings. The molecule has 0 spiro atoms. The summed E-state index contributed by atoms with van der Waals surface area (Å²) < 4.78 is 0. The number of nitrogens with one attached hydrogen (secondary N) is 2. The second kappa shape index (κ2) is 9.78. The Hall–Kier alpha value is -1.79. The van der Waals surface area contributed by atoms with Gasteiger partial charge in [-0.2, -0.15) is 0 Å². The number of amides is 3. The summed E-state index contributed by atoms with van der Waals surface area (Å²) in [5.74, 6) is 0.289. The summed E-state index contributed by atoms with van der Waals surface area (Å²) in [5.41, 5.74) is 6.72. The van der Waals surface area contributed by atoms with E-state index in [4.69, 9.17) is 5.73 Å².